The highest BCUT2D eigenvalue weighted by Gasteiger charge is 2.55. The van der Waals surface area contributed by atoms with Crippen molar-refractivity contribution in [2.45, 2.75) is 465 Å². The van der Waals surface area contributed by atoms with Crippen LogP contribution in [-0.4, -0.2) is 326 Å². The van der Waals surface area contributed by atoms with Crippen LogP contribution >= 0.6 is 0 Å². The molecule has 808 valence electrons. The monoisotopic (exact) mass is 2320 g/mol. The summed E-state index contributed by atoms with van der Waals surface area (Å²) in [6.07, 6.45) is -0.468. The standard InChI is InChI=1S/2C41H108O14Si12/c1-56(2,3)47-62(16,17)53-65(22,23)50-59(10,11)34-28-31-44-39(37-42)41(46-33-30-36-61(14,15)52-67(26,27)55-64(20,21)49-58(7,8)9)40(38-43)45-32-29-35-60(12,13)51-66(24,25)54-63(18,19)48-57(4,5)6;1-56(2,3)47-65(48-57(4,5)6,49-58(7,8)9)34-28-31-44-39(37-42)41(46-33-30-36-67(53-62(19,20)21,54-63(22,23)24)55-64(25,26)27)40(38-43)45-32-29-35-66(50-59(10,11)12,51-60(13,14)15)52-61(16,17)18/h2*39-43H,28-38H2,1-27H3/t2*39-,40+,41?. The first-order valence-electron chi connectivity index (χ1n) is 49.8. The van der Waals surface area contributed by atoms with E-state index < -0.39 is 239 Å². The largest absolute Gasteiger partial charge is 0.469 e. The maximum Gasteiger partial charge on any atom is 0.469 e. The fourth-order valence-electron chi connectivity index (χ4n) is 16.8. The molecular weight excluding hydrogens is 2110 g/mol. The summed E-state index contributed by atoms with van der Waals surface area (Å²) in [5.41, 5.74) is 0. The van der Waals surface area contributed by atoms with E-state index in [0.29, 0.717) is 77.0 Å². The van der Waals surface area contributed by atoms with Gasteiger partial charge in [-0.25, -0.2) is 0 Å². The highest BCUT2D eigenvalue weighted by Crippen LogP contribution is 2.38. The van der Waals surface area contributed by atoms with Crippen LogP contribution in [-0.2, 0) is 102 Å². The molecule has 2 unspecified atom stereocenters. The van der Waals surface area contributed by atoms with E-state index in [1.807, 2.05) is 0 Å². The van der Waals surface area contributed by atoms with Crippen LogP contribution in [0, 0.1) is 0 Å². The van der Waals surface area contributed by atoms with E-state index in [-0.39, 0.29) is 26.4 Å². The van der Waals surface area contributed by atoms with E-state index in [1.165, 1.54) is 0 Å². The van der Waals surface area contributed by atoms with Gasteiger partial charge < -0.3 is 123 Å². The SMILES string of the molecule is C[Si](C)(C)O[Si](C)(C)O[Si](C)(C)O[Si](C)(C)CCCOC([C@H](CO)OCCC[Si](C)(C)O[Si](C)(C)O[Si](C)(C)O[Si](C)(C)C)[C@@H](CO)OCCC[Si](C)(C)O[Si](C)(C)O[Si](C)(C)O[Si](C)(C)C.C[Si](C)(C)O[Si](CCCOC([C@H](CO)OCCC[Si](O[Si](C)(C)C)(O[Si](C)(C)C)O[Si](C)(C)C)[C@@H](CO)OCCC[Si](O[Si](C)(C)C)(O[Si](C)(C)C)O[Si](C)(C)C)(O[Si](C)(C)C)O[Si](C)(C)C. The van der Waals surface area contributed by atoms with Gasteiger partial charge in [0.05, 0.1) is 26.4 Å². The van der Waals surface area contributed by atoms with E-state index in [0.717, 1.165) is 37.4 Å². The van der Waals surface area contributed by atoms with Crippen molar-refractivity contribution in [2.75, 3.05) is 66.1 Å². The smallest absolute Gasteiger partial charge is 0.437 e. The second kappa shape index (κ2) is 56.4. The van der Waals surface area contributed by atoms with Crippen molar-refractivity contribution in [3.05, 3.63) is 0 Å². The third kappa shape index (κ3) is 73.3. The summed E-state index contributed by atoms with van der Waals surface area (Å²) in [7, 11) is -54.4. The van der Waals surface area contributed by atoms with E-state index in [2.05, 4.69) is 354 Å². The molecule has 0 aliphatic carbocycles. The Hall–Kier alpha value is 4.09. The number of ether oxygens (including phenoxy) is 6. The summed E-state index contributed by atoms with van der Waals surface area (Å²) in [6.45, 7) is 118. The Morgan fingerprint density at radius 2 is 0.276 bits per heavy atom. The van der Waals surface area contributed by atoms with Crippen LogP contribution in [0.5, 0.6) is 0 Å². The van der Waals surface area contributed by atoms with Crippen molar-refractivity contribution < 1.29 is 123 Å². The van der Waals surface area contributed by atoms with E-state index >= 15 is 0 Å². The van der Waals surface area contributed by atoms with Gasteiger partial charge in [-0.3, -0.25) is 0 Å². The fourth-order valence-corrected chi connectivity index (χ4v) is 116. The van der Waals surface area contributed by atoms with Gasteiger partial charge in [-0.2, -0.15) is 0 Å². The topological polar surface area (TPSA) is 302 Å². The van der Waals surface area contributed by atoms with Crippen molar-refractivity contribution in [1.82, 2.24) is 0 Å². The molecule has 134 heavy (non-hydrogen) atoms. The minimum Gasteiger partial charge on any atom is -0.437 e. The van der Waals surface area contributed by atoms with Crippen LogP contribution in [0.2, 0.25) is 390 Å². The van der Waals surface area contributed by atoms with Gasteiger partial charge in [0.2, 0.25) is 0 Å². The van der Waals surface area contributed by atoms with Crippen LogP contribution < -0.4 is 0 Å². The maximum absolute atomic E-state index is 11.1. The van der Waals surface area contributed by atoms with Gasteiger partial charge in [-0.05, 0) is 410 Å². The molecule has 0 heterocycles. The maximum atomic E-state index is 11.1. The van der Waals surface area contributed by atoms with Gasteiger partial charge in [0, 0.05) is 57.8 Å². The van der Waals surface area contributed by atoms with Gasteiger partial charge in [-0.15, -0.1) is 0 Å². The van der Waals surface area contributed by atoms with Crippen molar-refractivity contribution >= 4 is 203 Å². The van der Waals surface area contributed by atoms with E-state index in [9.17, 15) is 20.4 Å². The van der Waals surface area contributed by atoms with Crippen LogP contribution in [0.3, 0.4) is 0 Å². The summed E-state index contributed by atoms with van der Waals surface area (Å²) in [4.78, 5) is 0. The molecule has 0 spiro atoms. The number of aliphatic hydroxyl groups is 4. The summed E-state index contributed by atoms with van der Waals surface area (Å²) in [6, 6.07) is 4.35. The molecule has 28 nitrogen and oxygen atoms in total. The predicted molar refractivity (Wildman–Crippen MR) is 618 cm³/mol. The Morgan fingerprint density at radius 1 is 0.149 bits per heavy atom. The lowest BCUT2D eigenvalue weighted by atomic mass is 10.1. The highest BCUT2D eigenvalue weighted by molar-refractivity contribution is 6.95. The molecule has 0 aliphatic rings. The molecule has 4 N–H and O–H groups in total. The number of aliphatic hydroxyl groups excluding tert-OH is 4. The van der Waals surface area contributed by atoms with E-state index in [4.69, 9.17) is 102 Å². The van der Waals surface area contributed by atoms with Crippen molar-refractivity contribution in [2.24, 2.45) is 0 Å². The van der Waals surface area contributed by atoms with Crippen molar-refractivity contribution in [3.63, 3.8) is 0 Å². The predicted octanol–water partition coefficient (Wildman–Crippen LogP) is 23.6. The zero-order valence-electron chi connectivity index (χ0n) is 96.6. The molecule has 0 aromatic heterocycles. The average Bonchev–Trinajstić information content (AvgIpc) is 0.807. The van der Waals surface area contributed by atoms with Crippen LogP contribution in [0.1, 0.15) is 38.5 Å². The lowest BCUT2D eigenvalue weighted by molar-refractivity contribution is -0.159. The number of hydrogen-bond acceptors (Lipinski definition) is 28. The van der Waals surface area contributed by atoms with Gasteiger partial charge in [0.25, 0.3) is 0 Å². The fraction of sp³-hybridized carbons (Fsp3) is 1.00. The minimum atomic E-state index is -3.14. The molecule has 0 aromatic rings. The zero-order chi connectivity index (χ0) is 106. The molecular formula is C82H216O28Si24. The molecule has 0 aromatic carbocycles. The highest BCUT2D eigenvalue weighted by atomic mass is 28.5. The molecule has 0 rings (SSSR count). The number of rotatable bonds is 74. The molecule has 0 saturated carbocycles. The molecule has 0 radical (unpaired) electrons. The molecule has 0 fully saturated rings. The van der Waals surface area contributed by atoms with Crippen LogP contribution in [0.15, 0.2) is 0 Å². The average molecular weight is 2320 g/mol. The minimum absolute atomic E-state index is 0.277. The van der Waals surface area contributed by atoms with Gasteiger partial charge in [-0.1, -0.05) is 0 Å². The summed E-state index contributed by atoms with van der Waals surface area (Å²) < 4.78 is 162. The molecule has 0 saturated heterocycles. The first kappa shape index (κ1) is 140. The molecule has 0 bridgehead atoms. The van der Waals surface area contributed by atoms with E-state index in [1.54, 1.807) is 0 Å². The third-order valence-electron chi connectivity index (χ3n) is 17.6. The van der Waals surface area contributed by atoms with Crippen molar-refractivity contribution in [1.29, 1.82) is 0 Å². The quantitative estimate of drug-likeness (QED) is 0.0325. The summed E-state index contributed by atoms with van der Waals surface area (Å²) >= 11 is 0. The summed E-state index contributed by atoms with van der Waals surface area (Å²) in [5.74, 6) is 0. The Balaban J connectivity index is 0. The third-order valence-corrected chi connectivity index (χ3v) is 96.0. The normalized spacial score (nSPS) is 16.4. The van der Waals surface area contributed by atoms with Crippen LogP contribution in [0.25, 0.3) is 0 Å². The Bertz CT molecular complexity index is 2960. The Morgan fingerprint density at radius 3 is 0.410 bits per heavy atom. The number of hydrogen-bond donors (Lipinski definition) is 4. The Labute approximate surface area is 849 Å². The lowest BCUT2D eigenvalue weighted by Crippen LogP contribution is -2.60. The molecule has 0 aliphatic heterocycles. The molecule has 52 heteroatoms. The van der Waals surface area contributed by atoms with Crippen LogP contribution in [0.4, 0.5) is 0 Å². The lowest BCUT2D eigenvalue weighted by Gasteiger charge is -2.43. The summed E-state index contributed by atoms with van der Waals surface area (Å²) in [5, 5.41) is 43.8. The van der Waals surface area contributed by atoms with Gasteiger partial charge in [0.15, 0.2) is 125 Å². The molecule has 6 atom stereocenters. The van der Waals surface area contributed by atoms with Crippen molar-refractivity contribution in [3.8, 4) is 0 Å². The van der Waals surface area contributed by atoms with Gasteiger partial charge >= 0.3 is 77.8 Å². The zero-order valence-corrected chi connectivity index (χ0v) is 121. The van der Waals surface area contributed by atoms with Gasteiger partial charge in [0.1, 0.15) is 36.6 Å². The first-order valence-corrected chi connectivity index (χ1v) is 123. The molecule has 0 amide bonds. The Kier molecular flexibility index (Phi) is 59.0. The first-order chi connectivity index (χ1) is 59.1. The second-order valence-corrected chi connectivity index (χ2v) is 152. The second-order valence-electron chi connectivity index (χ2n) is 52.6.